The molecule has 4 rings (SSSR count). The fourth-order valence-corrected chi connectivity index (χ4v) is 4.19. The number of urea groups is 1. The fraction of sp³-hybridized carbons (Fsp3) is 0.458. The Kier molecular flexibility index (Phi) is 6.35. The van der Waals surface area contributed by atoms with Gasteiger partial charge in [-0.15, -0.1) is 0 Å². The molecular weight excluding hydrogens is 362 g/mol. The molecule has 0 saturated carbocycles. The molecule has 0 aliphatic carbocycles. The molecule has 0 aromatic heterocycles. The Morgan fingerprint density at radius 2 is 1.86 bits per heavy atom. The van der Waals surface area contributed by atoms with Crippen LogP contribution in [0.4, 0.5) is 4.79 Å². The summed E-state index contributed by atoms with van der Waals surface area (Å²) >= 11 is 0. The average molecular weight is 394 g/mol. The topological polar surface area (TPSA) is 53.6 Å². The third-order valence-electron chi connectivity index (χ3n) is 6.00. The number of fused-ring (bicyclic) bond motifs is 1. The second kappa shape index (κ2) is 9.31. The summed E-state index contributed by atoms with van der Waals surface area (Å²) in [5, 5.41) is 6.13. The van der Waals surface area contributed by atoms with E-state index in [4.69, 9.17) is 4.74 Å². The van der Waals surface area contributed by atoms with E-state index < -0.39 is 0 Å². The SMILES string of the molecule is Cc1ccc(CN2CCC(CNC(=O)N[C@H]3COc4ccccc4C3)CC2)cc1. The van der Waals surface area contributed by atoms with Crippen molar-refractivity contribution < 1.29 is 9.53 Å². The van der Waals surface area contributed by atoms with Gasteiger partial charge in [-0.3, -0.25) is 4.90 Å². The minimum absolute atomic E-state index is 0.0289. The molecule has 0 radical (unpaired) electrons. The van der Waals surface area contributed by atoms with Gasteiger partial charge in [0.25, 0.3) is 0 Å². The molecule has 0 unspecified atom stereocenters. The number of nitrogens with one attached hydrogen (secondary N) is 2. The summed E-state index contributed by atoms with van der Waals surface area (Å²) in [5.74, 6) is 1.49. The van der Waals surface area contributed by atoms with Gasteiger partial charge in [0.1, 0.15) is 12.4 Å². The molecule has 154 valence electrons. The number of amides is 2. The smallest absolute Gasteiger partial charge is 0.315 e. The van der Waals surface area contributed by atoms with Gasteiger partial charge in [-0.25, -0.2) is 4.79 Å². The summed E-state index contributed by atoms with van der Waals surface area (Å²) in [4.78, 5) is 14.8. The number of likely N-dealkylation sites (tertiary alicyclic amines) is 1. The second-order valence-electron chi connectivity index (χ2n) is 8.38. The molecule has 2 aliphatic heterocycles. The summed E-state index contributed by atoms with van der Waals surface area (Å²) in [5.41, 5.74) is 3.84. The molecule has 2 amide bonds. The molecule has 2 heterocycles. The van der Waals surface area contributed by atoms with E-state index in [1.54, 1.807) is 0 Å². The van der Waals surface area contributed by atoms with Crippen LogP contribution in [-0.2, 0) is 13.0 Å². The Hall–Kier alpha value is -2.53. The van der Waals surface area contributed by atoms with E-state index in [0.29, 0.717) is 12.5 Å². The highest BCUT2D eigenvalue weighted by Gasteiger charge is 2.23. The second-order valence-corrected chi connectivity index (χ2v) is 8.38. The number of nitrogens with zero attached hydrogens (tertiary/aromatic N) is 1. The lowest BCUT2D eigenvalue weighted by atomic mass is 9.96. The highest BCUT2D eigenvalue weighted by atomic mass is 16.5. The van der Waals surface area contributed by atoms with Gasteiger partial charge < -0.3 is 15.4 Å². The van der Waals surface area contributed by atoms with Crippen molar-refractivity contribution in [3.8, 4) is 5.75 Å². The Bertz CT molecular complexity index is 813. The molecule has 1 fully saturated rings. The van der Waals surface area contributed by atoms with Crippen LogP contribution in [0.15, 0.2) is 48.5 Å². The number of carbonyl (C=O) groups excluding carboxylic acids is 1. The van der Waals surface area contributed by atoms with Crippen LogP contribution in [-0.4, -0.2) is 43.2 Å². The number of benzene rings is 2. The van der Waals surface area contributed by atoms with Crippen LogP contribution in [0.1, 0.15) is 29.5 Å². The minimum atomic E-state index is -0.0833. The number of hydrogen-bond donors (Lipinski definition) is 2. The van der Waals surface area contributed by atoms with Crippen LogP contribution < -0.4 is 15.4 Å². The maximum Gasteiger partial charge on any atom is 0.315 e. The van der Waals surface area contributed by atoms with Gasteiger partial charge >= 0.3 is 6.03 Å². The van der Waals surface area contributed by atoms with E-state index in [-0.39, 0.29) is 12.1 Å². The number of carbonyl (C=O) groups is 1. The zero-order valence-corrected chi connectivity index (χ0v) is 17.2. The van der Waals surface area contributed by atoms with Crippen LogP contribution in [0, 0.1) is 12.8 Å². The molecule has 2 aromatic rings. The lowest BCUT2D eigenvalue weighted by Gasteiger charge is -2.32. The van der Waals surface area contributed by atoms with Crippen molar-refractivity contribution in [2.45, 2.75) is 38.8 Å². The lowest BCUT2D eigenvalue weighted by molar-refractivity contribution is 0.173. The van der Waals surface area contributed by atoms with Crippen molar-refractivity contribution in [2.75, 3.05) is 26.2 Å². The first-order chi connectivity index (χ1) is 14.2. The Balaban J connectivity index is 1.15. The van der Waals surface area contributed by atoms with Crippen LogP contribution in [0.25, 0.3) is 0 Å². The number of aryl methyl sites for hydroxylation is 1. The number of rotatable bonds is 5. The first kappa shape index (κ1) is 19.8. The normalized spacial score (nSPS) is 19.8. The monoisotopic (exact) mass is 393 g/mol. The zero-order chi connectivity index (χ0) is 20.1. The van der Waals surface area contributed by atoms with Gasteiger partial charge in [0, 0.05) is 13.1 Å². The predicted octanol–water partition coefficient (Wildman–Crippen LogP) is 3.51. The summed E-state index contributed by atoms with van der Waals surface area (Å²) in [6, 6.07) is 16.8. The van der Waals surface area contributed by atoms with E-state index >= 15 is 0 Å². The molecule has 5 heteroatoms. The number of hydrogen-bond acceptors (Lipinski definition) is 3. The highest BCUT2D eigenvalue weighted by Crippen LogP contribution is 2.24. The summed E-state index contributed by atoms with van der Waals surface area (Å²) in [6.45, 7) is 6.60. The van der Waals surface area contributed by atoms with Crippen molar-refractivity contribution in [3.63, 3.8) is 0 Å². The molecule has 1 atom stereocenters. The number of para-hydroxylation sites is 1. The van der Waals surface area contributed by atoms with E-state index in [2.05, 4.69) is 52.8 Å². The first-order valence-electron chi connectivity index (χ1n) is 10.7. The van der Waals surface area contributed by atoms with E-state index in [1.165, 1.54) is 11.1 Å². The average Bonchev–Trinajstić information content (AvgIpc) is 2.75. The predicted molar refractivity (Wildman–Crippen MR) is 115 cm³/mol. The Morgan fingerprint density at radius 3 is 2.66 bits per heavy atom. The van der Waals surface area contributed by atoms with Crippen molar-refractivity contribution in [3.05, 3.63) is 65.2 Å². The van der Waals surface area contributed by atoms with Crippen LogP contribution in [0.5, 0.6) is 5.75 Å². The van der Waals surface area contributed by atoms with Crippen molar-refractivity contribution in [2.24, 2.45) is 5.92 Å². The van der Waals surface area contributed by atoms with Crippen LogP contribution >= 0.6 is 0 Å². The van der Waals surface area contributed by atoms with Crippen LogP contribution in [0.2, 0.25) is 0 Å². The third-order valence-corrected chi connectivity index (χ3v) is 6.00. The highest BCUT2D eigenvalue weighted by molar-refractivity contribution is 5.74. The van der Waals surface area contributed by atoms with Gasteiger partial charge in [-0.2, -0.15) is 0 Å². The van der Waals surface area contributed by atoms with Gasteiger partial charge in [0.2, 0.25) is 0 Å². The molecule has 0 bridgehead atoms. The van der Waals surface area contributed by atoms with Gasteiger partial charge in [-0.1, -0.05) is 48.0 Å². The molecule has 2 aliphatic rings. The molecule has 29 heavy (non-hydrogen) atoms. The van der Waals surface area contributed by atoms with E-state index in [1.807, 2.05) is 18.2 Å². The van der Waals surface area contributed by atoms with Crippen molar-refractivity contribution in [1.29, 1.82) is 0 Å². The number of ether oxygens (including phenoxy) is 1. The quantitative estimate of drug-likeness (QED) is 0.817. The molecular formula is C24H31N3O2. The summed E-state index contributed by atoms with van der Waals surface area (Å²) in [7, 11) is 0. The van der Waals surface area contributed by atoms with Gasteiger partial charge in [-0.05, 0) is 62.4 Å². The molecule has 5 nitrogen and oxygen atoms in total. The zero-order valence-electron chi connectivity index (χ0n) is 17.2. The molecule has 1 saturated heterocycles. The molecule has 2 aromatic carbocycles. The lowest BCUT2D eigenvalue weighted by Crippen LogP contribution is -2.48. The summed E-state index contributed by atoms with van der Waals surface area (Å²) < 4.78 is 5.75. The Labute approximate surface area is 173 Å². The maximum atomic E-state index is 12.3. The van der Waals surface area contributed by atoms with Crippen LogP contribution in [0.3, 0.4) is 0 Å². The fourth-order valence-electron chi connectivity index (χ4n) is 4.19. The van der Waals surface area contributed by atoms with E-state index in [0.717, 1.165) is 56.8 Å². The van der Waals surface area contributed by atoms with Gasteiger partial charge in [0.15, 0.2) is 0 Å². The summed E-state index contributed by atoms with van der Waals surface area (Å²) in [6.07, 6.45) is 3.08. The molecule has 2 N–H and O–H groups in total. The maximum absolute atomic E-state index is 12.3. The standard InChI is InChI=1S/C24H31N3O2/c1-18-6-8-20(9-7-18)16-27-12-10-19(11-13-27)15-25-24(28)26-22-14-21-4-2-3-5-23(21)29-17-22/h2-9,19,22H,10-17H2,1H3,(H2,25,26,28)/t22-/m1/s1. The third kappa shape index (κ3) is 5.51. The molecule has 0 spiro atoms. The first-order valence-corrected chi connectivity index (χ1v) is 10.7. The van der Waals surface area contributed by atoms with E-state index in [9.17, 15) is 4.79 Å². The number of piperidine rings is 1. The Morgan fingerprint density at radius 1 is 1.10 bits per heavy atom. The van der Waals surface area contributed by atoms with Crippen molar-refractivity contribution >= 4 is 6.03 Å². The van der Waals surface area contributed by atoms with Crippen molar-refractivity contribution in [1.82, 2.24) is 15.5 Å². The van der Waals surface area contributed by atoms with Gasteiger partial charge in [0.05, 0.1) is 6.04 Å². The largest absolute Gasteiger partial charge is 0.491 e. The minimum Gasteiger partial charge on any atom is -0.491 e.